The highest BCUT2D eigenvalue weighted by Crippen LogP contribution is 2.54. The molecule has 11 rings (SSSR count). The van der Waals surface area contributed by atoms with Crippen LogP contribution in [0.2, 0.25) is 0 Å². The number of aryl methyl sites for hydroxylation is 1. The van der Waals surface area contributed by atoms with Crippen molar-refractivity contribution in [3.05, 3.63) is 184 Å². The molecule has 0 radical (unpaired) electrons. The monoisotopic (exact) mass is 738 g/mol. The summed E-state index contributed by atoms with van der Waals surface area (Å²) in [6.45, 7) is 6.93. The third-order valence-corrected chi connectivity index (χ3v) is 13.6. The minimum atomic E-state index is -0.119. The van der Waals surface area contributed by atoms with Gasteiger partial charge in [0.1, 0.15) is 0 Å². The van der Waals surface area contributed by atoms with Crippen molar-refractivity contribution < 1.29 is 0 Å². The van der Waals surface area contributed by atoms with Crippen LogP contribution in [0.3, 0.4) is 0 Å². The molecular weight excluding hydrogens is 697 g/mol. The summed E-state index contributed by atoms with van der Waals surface area (Å²) in [6.07, 6.45) is 27.7. The highest BCUT2D eigenvalue weighted by atomic mass is 32.1. The van der Waals surface area contributed by atoms with Gasteiger partial charge in [0.05, 0.1) is 16.7 Å². The van der Waals surface area contributed by atoms with Crippen LogP contribution < -0.4 is 0 Å². The lowest BCUT2D eigenvalue weighted by Crippen LogP contribution is -2.16. The highest BCUT2D eigenvalue weighted by molar-refractivity contribution is 7.19. The molecule has 0 aliphatic heterocycles. The van der Waals surface area contributed by atoms with Gasteiger partial charge >= 0.3 is 0 Å². The smallest absolute Gasteiger partial charge is 0.0543 e. The number of aromatic nitrogens is 2. The van der Waals surface area contributed by atoms with Crippen LogP contribution >= 0.6 is 11.3 Å². The third-order valence-electron chi connectivity index (χ3n) is 12.4. The lowest BCUT2D eigenvalue weighted by atomic mass is 9.80. The van der Waals surface area contributed by atoms with E-state index in [0.717, 1.165) is 19.3 Å². The number of rotatable bonds is 5. The van der Waals surface area contributed by atoms with E-state index in [1.54, 1.807) is 0 Å². The predicted molar refractivity (Wildman–Crippen MR) is 242 cm³/mol. The molecule has 0 N–H and O–H groups in total. The molecule has 5 aromatic carbocycles. The molecule has 270 valence electrons. The summed E-state index contributed by atoms with van der Waals surface area (Å²) >= 11 is 1.99. The Morgan fingerprint density at radius 3 is 2.48 bits per heavy atom. The van der Waals surface area contributed by atoms with Crippen molar-refractivity contribution in [1.29, 1.82) is 0 Å². The van der Waals surface area contributed by atoms with E-state index in [1.807, 2.05) is 11.3 Å². The Morgan fingerprint density at radius 1 is 0.732 bits per heavy atom. The van der Waals surface area contributed by atoms with Gasteiger partial charge in [0.15, 0.2) is 0 Å². The molecule has 0 bridgehead atoms. The van der Waals surface area contributed by atoms with Crippen LogP contribution in [0.25, 0.3) is 83.7 Å². The second-order valence-electron chi connectivity index (χ2n) is 15.9. The molecule has 3 aromatic heterocycles. The Bertz CT molecular complexity index is 3070. The van der Waals surface area contributed by atoms with E-state index in [4.69, 9.17) is 0 Å². The zero-order chi connectivity index (χ0) is 37.5. The molecule has 3 aliphatic carbocycles. The molecule has 56 heavy (non-hydrogen) atoms. The van der Waals surface area contributed by atoms with Gasteiger partial charge in [-0.1, -0.05) is 117 Å². The number of nitrogens with zero attached hydrogens (tertiary/aromatic N) is 2. The average Bonchev–Trinajstić information content (AvgIpc) is 3.88. The van der Waals surface area contributed by atoms with Crippen LogP contribution in [-0.2, 0) is 18.3 Å². The van der Waals surface area contributed by atoms with E-state index in [9.17, 15) is 0 Å². The van der Waals surface area contributed by atoms with Crippen LogP contribution in [0, 0.1) is 0 Å². The van der Waals surface area contributed by atoms with Crippen molar-refractivity contribution in [1.82, 2.24) is 9.13 Å². The number of para-hydroxylation sites is 1. The third kappa shape index (κ3) is 4.93. The minimum absolute atomic E-state index is 0.119. The van der Waals surface area contributed by atoms with E-state index in [-0.39, 0.29) is 5.41 Å². The summed E-state index contributed by atoms with van der Waals surface area (Å²) in [7, 11) is 0. The SMILES string of the molecule is C/C=C\C=C/c1cn(-c2ccc3c(c2)C(C)(C)c2c-3ccc3sc4c(c23)C=CCC4)c2ccc(-c3ccc4c5c(n(-c6ccccc6)c4c3)C=CC=CC5)cc12. The summed E-state index contributed by atoms with van der Waals surface area (Å²) in [4.78, 5) is 1.54. The number of thiophene rings is 1. The quantitative estimate of drug-likeness (QED) is 0.156. The molecule has 0 unspecified atom stereocenters. The number of hydrogen-bond acceptors (Lipinski definition) is 1. The second kappa shape index (κ2) is 12.7. The number of benzene rings is 5. The van der Waals surface area contributed by atoms with Crippen molar-refractivity contribution >= 4 is 61.5 Å². The fourth-order valence-corrected chi connectivity index (χ4v) is 11.0. The van der Waals surface area contributed by atoms with Crippen molar-refractivity contribution in [3.63, 3.8) is 0 Å². The molecular formula is C53H42N2S. The number of fused-ring (bicyclic) bond motifs is 11. The van der Waals surface area contributed by atoms with Gasteiger partial charge in [-0.05, 0) is 125 Å². The van der Waals surface area contributed by atoms with Gasteiger partial charge in [-0.15, -0.1) is 11.3 Å². The Hall–Kier alpha value is -6.16. The van der Waals surface area contributed by atoms with Gasteiger partial charge in [-0.3, -0.25) is 0 Å². The Kier molecular flexibility index (Phi) is 7.53. The van der Waals surface area contributed by atoms with E-state index in [1.165, 1.54) is 104 Å². The number of allylic oxidation sites excluding steroid dienone is 7. The fraction of sp³-hybridized carbons (Fsp3) is 0.132. The molecule has 3 aliphatic rings. The first-order valence-corrected chi connectivity index (χ1v) is 20.7. The van der Waals surface area contributed by atoms with Crippen molar-refractivity contribution in [2.45, 2.75) is 45.4 Å². The standard InChI is InChI=1S/C53H42N2S/c1-4-5-8-15-36-33-54(38-24-26-39-42-27-29-50-51(43-19-13-14-21-49(43)56-50)52(42)53(2,3)45(39)32-38)46-28-23-34(30-44(36)46)35-22-25-41-40-18-11-7-12-20-47(40)55(48(41)31-35)37-16-9-6-10-17-37/h4-13,15-17,19-20,22-33H,14,18,21H2,1-3H3/b5-4-,15-8-. The van der Waals surface area contributed by atoms with Crippen LogP contribution in [0.5, 0.6) is 0 Å². The fourth-order valence-electron chi connectivity index (χ4n) is 9.75. The highest BCUT2D eigenvalue weighted by Gasteiger charge is 2.38. The molecule has 8 aromatic rings. The first-order valence-electron chi connectivity index (χ1n) is 19.9. The Morgan fingerprint density at radius 2 is 1.59 bits per heavy atom. The summed E-state index contributed by atoms with van der Waals surface area (Å²) < 4.78 is 6.25. The van der Waals surface area contributed by atoms with Gasteiger partial charge in [-0.25, -0.2) is 0 Å². The van der Waals surface area contributed by atoms with E-state index in [0.29, 0.717) is 0 Å². The van der Waals surface area contributed by atoms with Gasteiger partial charge < -0.3 is 9.13 Å². The van der Waals surface area contributed by atoms with E-state index in [2.05, 4.69) is 194 Å². The average molecular weight is 739 g/mol. The zero-order valence-electron chi connectivity index (χ0n) is 32.0. The largest absolute Gasteiger partial charge is 0.316 e. The molecule has 0 amide bonds. The van der Waals surface area contributed by atoms with Crippen molar-refractivity contribution in [3.8, 4) is 33.6 Å². The molecule has 3 heteroatoms. The van der Waals surface area contributed by atoms with Crippen LogP contribution in [0.15, 0.2) is 146 Å². The molecule has 0 fully saturated rings. The molecule has 0 spiro atoms. The van der Waals surface area contributed by atoms with Gasteiger partial charge in [0, 0.05) is 54.3 Å². The maximum Gasteiger partial charge on any atom is 0.0543 e. The first kappa shape index (κ1) is 33.2. The molecule has 3 heterocycles. The zero-order valence-corrected chi connectivity index (χ0v) is 32.8. The Balaban J connectivity index is 1.05. The second-order valence-corrected chi connectivity index (χ2v) is 17.1. The normalized spacial score (nSPS) is 15.3. The summed E-state index contributed by atoms with van der Waals surface area (Å²) in [5.41, 5.74) is 18.1. The van der Waals surface area contributed by atoms with Gasteiger partial charge in [0.2, 0.25) is 0 Å². The maximum absolute atomic E-state index is 2.46. The van der Waals surface area contributed by atoms with E-state index >= 15 is 0 Å². The minimum Gasteiger partial charge on any atom is -0.316 e. The van der Waals surface area contributed by atoms with Crippen molar-refractivity contribution in [2.75, 3.05) is 0 Å². The van der Waals surface area contributed by atoms with Crippen LogP contribution in [0.1, 0.15) is 65.6 Å². The summed E-state index contributed by atoms with van der Waals surface area (Å²) in [6, 6.07) is 36.7. The maximum atomic E-state index is 2.46. The lowest BCUT2D eigenvalue weighted by Gasteiger charge is -2.24. The summed E-state index contributed by atoms with van der Waals surface area (Å²) in [5.74, 6) is 0. The van der Waals surface area contributed by atoms with E-state index < -0.39 is 0 Å². The number of hydrogen-bond donors (Lipinski definition) is 0. The molecule has 0 saturated heterocycles. The van der Waals surface area contributed by atoms with Crippen molar-refractivity contribution in [2.24, 2.45) is 0 Å². The lowest BCUT2D eigenvalue weighted by molar-refractivity contribution is 0.665. The predicted octanol–water partition coefficient (Wildman–Crippen LogP) is 14.4. The molecule has 0 saturated carbocycles. The first-order chi connectivity index (χ1) is 27.5. The van der Waals surface area contributed by atoms with Crippen LogP contribution in [0.4, 0.5) is 0 Å². The van der Waals surface area contributed by atoms with Gasteiger partial charge in [0.25, 0.3) is 0 Å². The Labute approximate surface area is 332 Å². The summed E-state index contributed by atoms with van der Waals surface area (Å²) in [5, 5.41) is 4.02. The molecule has 2 nitrogen and oxygen atoms in total. The van der Waals surface area contributed by atoms with Gasteiger partial charge in [-0.2, -0.15) is 0 Å². The molecule has 0 atom stereocenters. The van der Waals surface area contributed by atoms with Crippen LogP contribution in [-0.4, -0.2) is 9.13 Å². The topological polar surface area (TPSA) is 9.86 Å².